The van der Waals surface area contributed by atoms with Crippen molar-refractivity contribution in [1.29, 1.82) is 0 Å². The van der Waals surface area contributed by atoms with Gasteiger partial charge in [-0.25, -0.2) is 0 Å². The van der Waals surface area contributed by atoms with Gasteiger partial charge in [0.25, 0.3) is 0 Å². The summed E-state index contributed by atoms with van der Waals surface area (Å²) in [5, 5.41) is 4.13. The fraction of sp³-hybridized carbons (Fsp3) is 0.600. The molecule has 0 spiro atoms. The van der Waals surface area contributed by atoms with E-state index in [4.69, 9.17) is 0 Å². The first kappa shape index (κ1) is 9.96. The minimum Gasteiger partial charge on any atom is -0.294 e. The number of ketones is 1. The summed E-state index contributed by atoms with van der Waals surface area (Å²) in [6.07, 6.45) is 1.67. The van der Waals surface area contributed by atoms with Gasteiger partial charge in [0.05, 0.1) is 11.8 Å². The number of Topliss-reactive ketones (excluding diaryl/α,β-unsaturated/α-hetero) is 1. The van der Waals surface area contributed by atoms with Crippen LogP contribution in [0.1, 0.15) is 36.8 Å². The van der Waals surface area contributed by atoms with Crippen LogP contribution in [-0.2, 0) is 6.54 Å². The molecule has 0 N–H and O–H groups in total. The van der Waals surface area contributed by atoms with E-state index in [2.05, 4.69) is 5.10 Å². The molecule has 3 heteroatoms. The van der Waals surface area contributed by atoms with E-state index in [9.17, 15) is 4.79 Å². The van der Waals surface area contributed by atoms with Crippen LogP contribution < -0.4 is 0 Å². The van der Waals surface area contributed by atoms with Crippen molar-refractivity contribution in [2.45, 2.75) is 34.2 Å². The number of aromatic nitrogens is 2. The summed E-state index contributed by atoms with van der Waals surface area (Å²) in [5.74, 6) is 0.227. The molecule has 0 fully saturated rings. The maximum Gasteiger partial charge on any atom is 0.168 e. The molecular weight excluding hydrogens is 164 g/mol. The van der Waals surface area contributed by atoms with Gasteiger partial charge in [-0.1, -0.05) is 13.8 Å². The van der Waals surface area contributed by atoms with E-state index in [1.165, 1.54) is 0 Å². The van der Waals surface area contributed by atoms with Gasteiger partial charge in [0.2, 0.25) is 0 Å². The molecule has 0 aliphatic rings. The van der Waals surface area contributed by atoms with Gasteiger partial charge in [0, 0.05) is 18.2 Å². The lowest BCUT2D eigenvalue weighted by atomic mass is 10.0. The van der Waals surface area contributed by atoms with Crippen molar-refractivity contribution < 1.29 is 4.79 Å². The number of hydrogen-bond acceptors (Lipinski definition) is 2. The van der Waals surface area contributed by atoms with Crippen LogP contribution >= 0.6 is 0 Å². The molecule has 0 saturated heterocycles. The molecule has 72 valence electrons. The Morgan fingerprint density at radius 2 is 2.23 bits per heavy atom. The molecule has 0 aromatic carbocycles. The predicted molar refractivity (Wildman–Crippen MR) is 51.8 cm³/mol. The van der Waals surface area contributed by atoms with Gasteiger partial charge >= 0.3 is 0 Å². The van der Waals surface area contributed by atoms with Gasteiger partial charge in [-0.05, 0) is 13.8 Å². The largest absolute Gasteiger partial charge is 0.294 e. The lowest BCUT2D eigenvalue weighted by Gasteiger charge is -2.03. The van der Waals surface area contributed by atoms with E-state index in [1.54, 1.807) is 6.20 Å². The zero-order valence-corrected chi connectivity index (χ0v) is 8.66. The summed E-state index contributed by atoms with van der Waals surface area (Å²) in [5.41, 5.74) is 1.73. The molecule has 0 aliphatic heterocycles. The van der Waals surface area contributed by atoms with E-state index in [1.807, 2.05) is 32.4 Å². The third-order valence-electron chi connectivity index (χ3n) is 2.19. The predicted octanol–water partition coefficient (Wildman–Crippen LogP) is 2.05. The molecule has 3 nitrogen and oxygen atoms in total. The van der Waals surface area contributed by atoms with Crippen molar-refractivity contribution in [3.05, 3.63) is 17.5 Å². The summed E-state index contributed by atoms with van der Waals surface area (Å²) in [6.45, 7) is 8.59. The summed E-state index contributed by atoms with van der Waals surface area (Å²) >= 11 is 0. The summed E-state index contributed by atoms with van der Waals surface area (Å²) < 4.78 is 1.84. The first-order valence-electron chi connectivity index (χ1n) is 4.64. The molecule has 13 heavy (non-hydrogen) atoms. The minimum absolute atomic E-state index is 0.0493. The molecule has 1 aromatic rings. The van der Waals surface area contributed by atoms with Crippen molar-refractivity contribution >= 4 is 5.78 Å². The summed E-state index contributed by atoms with van der Waals surface area (Å²) in [7, 11) is 0. The third kappa shape index (κ3) is 1.79. The molecule has 0 aliphatic carbocycles. The highest BCUT2D eigenvalue weighted by molar-refractivity contribution is 5.98. The average Bonchev–Trinajstić information content (AvgIpc) is 2.45. The van der Waals surface area contributed by atoms with Crippen LogP contribution in [0, 0.1) is 12.8 Å². The van der Waals surface area contributed by atoms with Crippen LogP contribution in [0.2, 0.25) is 0 Å². The Balaban J connectivity index is 3.02. The molecule has 0 bridgehead atoms. The molecule has 1 aromatic heterocycles. The van der Waals surface area contributed by atoms with E-state index < -0.39 is 0 Å². The quantitative estimate of drug-likeness (QED) is 0.667. The zero-order valence-electron chi connectivity index (χ0n) is 8.66. The maximum absolute atomic E-state index is 11.6. The Labute approximate surface area is 78.8 Å². The molecule has 0 unspecified atom stereocenters. The van der Waals surface area contributed by atoms with Crippen LogP contribution in [0.15, 0.2) is 6.20 Å². The van der Waals surface area contributed by atoms with Crippen molar-refractivity contribution in [2.24, 2.45) is 5.92 Å². The molecule has 0 atom stereocenters. The van der Waals surface area contributed by atoms with Gasteiger partial charge in [0.15, 0.2) is 5.78 Å². The first-order valence-corrected chi connectivity index (χ1v) is 4.64. The lowest BCUT2D eigenvalue weighted by molar-refractivity contribution is 0.0938. The van der Waals surface area contributed by atoms with Gasteiger partial charge in [-0.3, -0.25) is 9.48 Å². The Morgan fingerprint density at radius 1 is 1.62 bits per heavy atom. The molecular formula is C10H16N2O. The van der Waals surface area contributed by atoms with Crippen molar-refractivity contribution in [3.63, 3.8) is 0 Å². The zero-order chi connectivity index (χ0) is 10.0. The van der Waals surface area contributed by atoms with Crippen LogP contribution in [0.3, 0.4) is 0 Å². The number of carbonyl (C=O) groups excluding carboxylic acids is 1. The standard InChI is InChI=1S/C10H16N2O/c1-5-12-8(4)9(6-11-12)10(13)7(2)3/h6-7H,5H2,1-4H3. The Bertz CT molecular complexity index is 313. The number of carbonyl (C=O) groups is 1. The molecule has 1 rings (SSSR count). The Morgan fingerprint density at radius 3 is 2.62 bits per heavy atom. The van der Waals surface area contributed by atoms with Gasteiger partial charge in [0.1, 0.15) is 0 Å². The molecule has 1 heterocycles. The fourth-order valence-corrected chi connectivity index (χ4v) is 1.32. The SMILES string of the molecule is CCn1ncc(C(=O)C(C)C)c1C. The normalized spacial score (nSPS) is 10.8. The molecule has 0 saturated carbocycles. The topological polar surface area (TPSA) is 34.9 Å². The van der Waals surface area contributed by atoms with Gasteiger partial charge in [-0.15, -0.1) is 0 Å². The number of nitrogens with zero attached hydrogens (tertiary/aromatic N) is 2. The monoisotopic (exact) mass is 180 g/mol. The van der Waals surface area contributed by atoms with Gasteiger partial charge in [-0.2, -0.15) is 5.10 Å². The second kappa shape index (κ2) is 3.73. The number of hydrogen-bond donors (Lipinski definition) is 0. The smallest absolute Gasteiger partial charge is 0.168 e. The second-order valence-corrected chi connectivity index (χ2v) is 3.48. The van der Waals surface area contributed by atoms with Crippen LogP contribution in [-0.4, -0.2) is 15.6 Å². The first-order chi connectivity index (χ1) is 6.07. The second-order valence-electron chi connectivity index (χ2n) is 3.48. The fourth-order valence-electron chi connectivity index (χ4n) is 1.32. The highest BCUT2D eigenvalue weighted by atomic mass is 16.1. The summed E-state index contributed by atoms with van der Waals surface area (Å²) in [4.78, 5) is 11.6. The van der Waals surface area contributed by atoms with E-state index in [0.29, 0.717) is 0 Å². The highest BCUT2D eigenvalue weighted by Crippen LogP contribution is 2.12. The van der Waals surface area contributed by atoms with E-state index >= 15 is 0 Å². The highest BCUT2D eigenvalue weighted by Gasteiger charge is 2.15. The maximum atomic E-state index is 11.6. The molecule has 0 radical (unpaired) electrons. The van der Waals surface area contributed by atoms with Crippen molar-refractivity contribution in [1.82, 2.24) is 9.78 Å². The third-order valence-corrected chi connectivity index (χ3v) is 2.19. The summed E-state index contributed by atoms with van der Waals surface area (Å²) in [6, 6.07) is 0. The lowest BCUT2D eigenvalue weighted by Crippen LogP contribution is -2.09. The van der Waals surface area contributed by atoms with Crippen molar-refractivity contribution in [3.8, 4) is 0 Å². The average molecular weight is 180 g/mol. The van der Waals surface area contributed by atoms with E-state index in [0.717, 1.165) is 17.8 Å². The van der Waals surface area contributed by atoms with Crippen LogP contribution in [0.4, 0.5) is 0 Å². The van der Waals surface area contributed by atoms with Crippen LogP contribution in [0.5, 0.6) is 0 Å². The Kier molecular flexibility index (Phi) is 2.86. The van der Waals surface area contributed by atoms with Crippen molar-refractivity contribution in [2.75, 3.05) is 0 Å². The molecule has 0 amide bonds. The Hall–Kier alpha value is -1.12. The number of aryl methyl sites for hydroxylation is 1. The number of rotatable bonds is 3. The van der Waals surface area contributed by atoms with Gasteiger partial charge < -0.3 is 0 Å². The van der Waals surface area contributed by atoms with Crippen LogP contribution in [0.25, 0.3) is 0 Å². The minimum atomic E-state index is 0.0493. The van der Waals surface area contributed by atoms with E-state index in [-0.39, 0.29) is 11.7 Å².